The van der Waals surface area contributed by atoms with Crippen molar-refractivity contribution >= 4 is 18.0 Å². The Kier molecular flexibility index (Phi) is 8.14. The van der Waals surface area contributed by atoms with Crippen LogP contribution in [0.25, 0.3) is 0 Å². The lowest BCUT2D eigenvalue weighted by molar-refractivity contribution is 0.0204. The zero-order valence-corrected chi connectivity index (χ0v) is 19.9. The van der Waals surface area contributed by atoms with E-state index in [4.69, 9.17) is 14.2 Å². The van der Waals surface area contributed by atoms with Crippen molar-refractivity contribution in [3.05, 3.63) is 17.8 Å². The first kappa shape index (κ1) is 24.8. The highest BCUT2D eigenvalue weighted by Crippen LogP contribution is 2.35. The summed E-state index contributed by atoms with van der Waals surface area (Å²) < 4.78 is 16.7. The first-order chi connectivity index (χ1) is 14.4. The third-order valence-corrected chi connectivity index (χ3v) is 4.57. The van der Waals surface area contributed by atoms with Crippen LogP contribution in [0.5, 0.6) is 5.75 Å². The van der Waals surface area contributed by atoms with Gasteiger partial charge in [0.1, 0.15) is 22.8 Å². The Morgan fingerprint density at radius 2 is 1.71 bits per heavy atom. The Morgan fingerprint density at radius 3 is 2.26 bits per heavy atom. The molecule has 1 saturated heterocycles. The summed E-state index contributed by atoms with van der Waals surface area (Å²) in [7, 11) is 0. The largest absolute Gasteiger partial charge is 0.493 e. The smallest absolute Gasteiger partial charge is 0.413 e. The molecule has 0 bridgehead atoms. The summed E-state index contributed by atoms with van der Waals surface area (Å²) in [5.74, 6) is 1.31. The fraction of sp³-hybridized carbons (Fsp3) is 0.696. The van der Waals surface area contributed by atoms with Crippen molar-refractivity contribution < 1.29 is 23.8 Å². The van der Waals surface area contributed by atoms with Crippen molar-refractivity contribution in [2.75, 3.05) is 25.0 Å². The molecule has 0 aromatic carbocycles. The molecule has 0 saturated carbocycles. The monoisotopic (exact) mass is 435 g/mol. The molecule has 1 aromatic rings. The number of nitrogens with zero attached hydrogens (tertiary/aromatic N) is 2. The summed E-state index contributed by atoms with van der Waals surface area (Å²) in [4.78, 5) is 30.5. The molecule has 1 aliphatic rings. The maximum Gasteiger partial charge on any atom is 0.413 e. The third kappa shape index (κ3) is 8.26. The van der Waals surface area contributed by atoms with E-state index in [-0.39, 0.29) is 12.0 Å². The van der Waals surface area contributed by atoms with Crippen LogP contribution in [0.4, 0.5) is 15.4 Å². The predicted octanol–water partition coefficient (Wildman–Crippen LogP) is 5.33. The van der Waals surface area contributed by atoms with E-state index in [0.29, 0.717) is 31.3 Å². The minimum atomic E-state index is -0.590. The van der Waals surface area contributed by atoms with Gasteiger partial charge >= 0.3 is 12.2 Å². The van der Waals surface area contributed by atoms with Crippen molar-refractivity contribution in [3.63, 3.8) is 0 Å². The van der Waals surface area contributed by atoms with Gasteiger partial charge in [-0.2, -0.15) is 0 Å². The fourth-order valence-electron chi connectivity index (χ4n) is 3.27. The van der Waals surface area contributed by atoms with Crippen molar-refractivity contribution in [2.24, 2.45) is 0 Å². The van der Waals surface area contributed by atoms with Crippen LogP contribution in [-0.4, -0.2) is 53.0 Å². The van der Waals surface area contributed by atoms with Crippen LogP contribution in [0.2, 0.25) is 0 Å². The first-order valence-electron chi connectivity index (χ1n) is 11.0. The summed E-state index contributed by atoms with van der Waals surface area (Å²) in [5.41, 5.74) is -0.101. The lowest BCUT2D eigenvalue weighted by atomic mass is 9.90. The number of anilines is 1. The fourth-order valence-corrected chi connectivity index (χ4v) is 3.27. The zero-order chi connectivity index (χ0) is 23.2. The van der Waals surface area contributed by atoms with Gasteiger partial charge in [-0.1, -0.05) is 6.92 Å². The molecule has 0 unspecified atom stereocenters. The summed E-state index contributed by atoms with van der Waals surface area (Å²) in [6.07, 6.45) is 3.38. The van der Waals surface area contributed by atoms with Crippen LogP contribution in [0.1, 0.15) is 79.2 Å². The second kappa shape index (κ2) is 10.2. The number of aromatic nitrogens is 1. The number of amides is 2. The molecule has 1 N–H and O–H groups in total. The van der Waals surface area contributed by atoms with E-state index in [2.05, 4.69) is 10.3 Å². The number of hydrogen-bond acceptors (Lipinski definition) is 6. The SMILES string of the molecule is CCCOc1cc(NC(=O)OC(C)(C)C)ncc1C1CCN(C(=O)OC(C)(C)C)CC1. The molecule has 0 atom stereocenters. The molecular formula is C23H37N3O5. The minimum Gasteiger partial charge on any atom is -0.493 e. The second-order valence-corrected chi connectivity index (χ2v) is 9.82. The summed E-state index contributed by atoms with van der Waals surface area (Å²) in [6, 6.07) is 1.75. The number of carbonyl (C=O) groups is 2. The van der Waals surface area contributed by atoms with Gasteiger partial charge in [0, 0.05) is 30.9 Å². The third-order valence-electron chi connectivity index (χ3n) is 4.57. The van der Waals surface area contributed by atoms with Gasteiger partial charge in [-0.05, 0) is 66.7 Å². The summed E-state index contributed by atoms with van der Waals surface area (Å²) in [6.45, 7) is 14.9. The quantitative estimate of drug-likeness (QED) is 0.672. The molecule has 0 aliphatic carbocycles. The van der Waals surface area contributed by atoms with Crippen LogP contribution in [0.15, 0.2) is 12.3 Å². The number of ether oxygens (including phenoxy) is 3. The normalized spacial score (nSPS) is 15.4. The summed E-state index contributed by atoms with van der Waals surface area (Å²) in [5, 5.41) is 2.67. The molecule has 31 heavy (non-hydrogen) atoms. The Labute approximate surface area is 185 Å². The highest BCUT2D eigenvalue weighted by molar-refractivity contribution is 5.83. The molecule has 174 valence electrons. The van der Waals surface area contributed by atoms with Crippen LogP contribution in [0.3, 0.4) is 0 Å². The molecule has 8 nitrogen and oxygen atoms in total. The molecule has 1 aliphatic heterocycles. The molecule has 2 amide bonds. The average Bonchev–Trinajstić information content (AvgIpc) is 2.63. The number of rotatable bonds is 5. The number of pyridine rings is 1. The standard InChI is InChI=1S/C23H37N3O5/c1-8-13-29-18-14-19(25-20(27)30-22(2,3)4)24-15-17(18)16-9-11-26(12-10-16)21(28)31-23(5,6)7/h14-16H,8-13H2,1-7H3,(H,24,25,27). The molecule has 0 radical (unpaired) electrons. The van der Waals surface area contributed by atoms with Gasteiger partial charge in [-0.15, -0.1) is 0 Å². The van der Waals surface area contributed by atoms with E-state index in [1.165, 1.54) is 0 Å². The van der Waals surface area contributed by atoms with E-state index < -0.39 is 17.3 Å². The van der Waals surface area contributed by atoms with Crippen molar-refractivity contribution in [3.8, 4) is 5.75 Å². The molecule has 2 heterocycles. The minimum absolute atomic E-state index is 0.216. The van der Waals surface area contributed by atoms with Crippen LogP contribution >= 0.6 is 0 Å². The molecule has 0 spiro atoms. The van der Waals surface area contributed by atoms with E-state index in [1.54, 1.807) is 17.2 Å². The van der Waals surface area contributed by atoms with Crippen molar-refractivity contribution in [2.45, 2.75) is 84.8 Å². The number of likely N-dealkylation sites (tertiary alicyclic amines) is 1. The van der Waals surface area contributed by atoms with Gasteiger partial charge in [0.25, 0.3) is 0 Å². The van der Waals surface area contributed by atoms with Gasteiger partial charge in [0.05, 0.1) is 6.61 Å². The van der Waals surface area contributed by atoms with E-state index in [9.17, 15) is 9.59 Å². The molecule has 8 heteroatoms. The molecule has 2 rings (SSSR count). The van der Waals surface area contributed by atoms with E-state index in [0.717, 1.165) is 24.8 Å². The predicted molar refractivity (Wildman–Crippen MR) is 120 cm³/mol. The maximum absolute atomic E-state index is 12.3. The average molecular weight is 436 g/mol. The van der Waals surface area contributed by atoms with Crippen molar-refractivity contribution in [1.82, 2.24) is 9.88 Å². The van der Waals surface area contributed by atoms with Crippen LogP contribution in [-0.2, 0) is 9.47 Å². The topological polar surface area (TPSA) is 90.0 Å². The lowest BCUT2D eigenvalue weighted by Crippen LogP contribution is -2.41. The van der Waals surface area contributed by atoms with E-state index in [1.807, 2.05) is 48.5 Å². The zero-order valence-electron chi connectivity index (χ0n) is 19.9. The first-order valence-corrected chi connectivity index (χ1v) is 11.0. The number of carbonyl (C=O) groups excluding carboxylic acids is 2. The van der Waals surface area contributed by atoms with Gasteiger partial charge in [-0.3, -0.25) is 5.32 Å². The van der Waals surface area contributed by atoms with Gasteiger partial charge < -0.3 is 19.1 Å². The number of hydrogen-bond donors (Lipinski definition) is 1. The molecular weight excluding hydrogens is 398 g/mol. The van der Waals surface area contributed by atoms with Gasteiger partial charge in [-0.25, -0.2) is 14.6 Å². The van der Waals surface area contributed by atoms with E-state index >= 15 is 0 Å². The highest BCUT2D eigenvalue weighted by Gasteiger charge is 2.29. The summed E-state index contributed by atoms with van der Waals surface area (Å²) >= 11 is 0. The number of piperidine rings is 1. The van der Waals surface area contributed by atoms with Gasteiger partial charge in [0.15, 0.2) is 0 Å². The molecule has 1 aromatic heterocycles. The highest BCUT2D eigenvalue weighted by atomic mass is 16.6. The lowest BCUT2D eigenvalue weighted by Gasteiger charge is -2.34. The molecule has 1 fully saturated rings. The Hall–Kier alpha value is -2.51. The van der Waals surface area contributed by atoms with Crippen molar-refractivity contribution in [1.29, 1.82) is 0 Å². The Balaban J connectivity index is 2.08. The van der Waals surface area contributed by atoms with Crippen LogP contribution < -0.4 is 10.1 Å². The Bertz CT molecular complexity index is 759. The number of nitrogens with one attached hydrogen (secondary N) is 1. The van der Waals surface area contributed by atoms with Crippen LogP contribution in [0, 0.1) is 0 Å². The maximum atomic E-state index is 12.3. The van der Waals surface area contributed by atoms with Gasteiger partial charge in [0.2, 0.25) is 0 Å². The Morgan fingerprint density at radius 1 is 1.10 bits per heavy atom. The second-order valence-electron chi connectivity index (χ2n) is 9.82.